The molecule has 0 aliphatic heterocycles. The molecule has 0 fully saturated rings. The molecule has 0 aliphatic rings. The highest BCUT2D eigenvalue weighted by molar-refractivity contribution is 9.11. The Balaban J connectivity index is 2.36. The third kappa shape index (κ3) is 2.35. The van der Waals surface area contributed by atoms with Gasteiger partial charge < -0.3 is 9.73 Å². The van der Waals surface area contributed by atoms with Crippen LogP contribution in [-0.4, -0.2) is 7.05 Å². The molecule has 2 aromatic rings. The van der Waals surface area contributed by atoms with Crippen LogP contribution in [0.4, 0.5) is 0 Å². The van der Waals surface area contributed by atoms with E-state index in [0.29, 0.717) is 0 Å². The summed E-state index contributed by atoms with van der Waals surface area (Å²) < 4.78 is 6.29. The van der Waals surface area contributed by atoms with Crippen LogP contribution in [0.15, 0.2) is 26.6 Å². The molecule has 0 saturated heterocycles. The van der Waals surface area contributed by atoms with Crippen molar-refractivity contribution in [3.05, 3.63) is 43.4 Å². The second-order valence-corrected chi connectivity index (χ2v) is 6.29. The summed E-state index contributed by atoms with van der Waals surface area (Å²) in [5, 5.41) is 4.01. The van der Waals surface area contributed by atoms with Gasteiger partial charge in [0.1, 0.15) is 5.76 Å². The molecule has 0 radical (unpaired) electrons. The fraction of sp³-hybridized carbons (Fsp3) is 0.273. The van der Waals surface area contributed by atoms with E-state index in [4.69, 9.17) is 16.0 Å². The van der Waals surface area contributed by atoms with Gasteiger partial charge in [0.15, 0.2) is 0 Å². The first-order valence-electron chi connectivity index (χ1n) is 4.79. The molecule has 0 aliphatic carbocycles. The Morgan fingerprint density at radius 2 is 2.25 bits per heavy atom. The molecule has 5 heteroatoms. The van der Waals surface area contributed by atoms with Crippen LogP contribution < -0.4 is 5.32 Å². The Morgan fingerprint density at radius 1 is 1.50 bits per heavy atom. The van der Waals surface area contributed by atoms with E-state index >= 15 is 0 Å². The topological polar surface area (TPSA) is 25.2 Å². The largest absolute Gasteiger partial charge is 0.469 e. The number of furan rings is 1. The van der Waals surface area contributed by atoms with Crippen LogP contribution >= 0.6 is 38.9 Å². The maximum absolute atomic E-state index is 6.04. The highest BCUT2D eigenvalue weighted by Gasteiger charge is 2.17. The number of nitrogens with one attached hydrogen (secondary N) is 1. The van der Waals surface area contributed by atoms with Crippen molar-refractivity contribution >= 4 is 38.9 Å². The zero-order valence-electron chi connectivity index (χ0n) is 8.88. The Labute approximate surface area is 112 Å². The van der Waals surface area contributed by atoms with Crippen LogP contribution in [0.1, 0.15) is 22.2 Å². The van der Waals surface area contributed by atoms with Gasteiger partial charge in [-0.3, -0.25) is 0 Å². The minimum Gasteiger partial charge on any atom is -0.469 e. The molecule has 1 atom stereocenters. The zero-order chi connectivity index (χ0) is 11.7. The first-order valence-corrected chi connectivity index (χ1v) is 6.77. The summed E-state index contributed by atoms with van der Waals surface area (Å²) >= 11 is 11.1. The highest BCUT2D eigenvalue weighted by atomic mass is 79.9. The van der Waals surface area contributed by atoms with Crippen LogP contribution in [0.2, 0.25) is 5.02 Å². The van der Waals surface area contributed by atoms with Crippen molar-refractivity contribution in [1.82, 2.24) is 5.32 Å². The molecule has 0 saturated carbocycles. The lowest BCUT2D eigenvalue weighted by Gasteiger charge is -2.11. The Morgan fingerprint density at radius 3 is 2.69 bits per heavy atom. The summed E-state index contributed by atoms with van der Waals surface area (Å²) in [5.41, 5.74) is 1.12. The fourth-order valence-corrected chi connectivity index (χ4v) is 3.48. The van der Waals surface area contributed by atoms with Gasteiger partial charge in [-0.2, -0.15) is 0 Å². The molecule has 2 nitrogen and oxygen atoms in total. The molecular formula is C11H11BrClNOS. The molecular weight excluding hydrogens is 310 g/mol. The Kier molecular flexibility index (Phi) is 3.74. The number of hydrogen-bond acceptors (Lipinski definition) is 3. The molecule has 0 amide bonds. The summed E-state index contributed by atoms with van der Waals surface area (Å²) in [4.78, 5) is 1.17. The van der Waals surface area contributed by atoms with E-state index in [1.807, 2.05) is 26.1 Å². The van der Waals surface area contributed by atoms with Crippen molar-refractivity contribution in [3.8, 4) is 0 Å². The number of halogens is 2. The van der Waals surface area contributed by atoms with Gasteiger partial charge in [0.25, 0.3) is 0 Å². The predicted octanol–water partition coefficient (Wildman–Crippen LogP) is 4.37. The third-order valence-electron chi connectivity index (χ3n) is 2.32. The predicted molar refractivity (Wildman–Crippen MR) is 71.4 cm³/mol. The van der Waals surface area contributed by atoms with Crippen molar-refractivity contribution < 1.29 is 4.42 Å². The van der Waals surface area contributed by atoms with E-state index in [-0.39, 0.29) is 6.04 Å². The van der Waals surface area contributed by atoms with Crippen LogP contribution in [-0.2, 0) is 0 Å². The molecule has 1 unspecified atom stereocenters. The normalized spacial score (nSPS) is 13.0. The fourth-order valence-electron chi connectivity index (χ4n) is 1.59. The number of hydrogen-bond donors (Lipinski definition) is 1. The molecule has 0 aromatic carbocycles. The van der Waals surface area contributed by atoms with Crippen molar-refractivity contribution in [1.29, 1.82) is 0 Å². The van der Waals surface area contributed by atoms with Gasteiger partial charge in [-0.05, 0) is 42.0 Å². The number of aryl methyl sites for hydroxylation is 1. The number of thiophene rings is 1. The van der Waals surface area contributed by atoms with Crippen molar-refractivity contribution in [2.45, 2.75) is 13.0 Å². The SMILES string of the molecule is CNC(c1coc(C)c1)c1cc(Cl)c(Br)s1. The molecule has 2 aromatic heterocycles. The van der Waals surface area contributed by atoms with E-state index in [0.717, 1.165) is 20.1 Å². The van der Waals surface area contributed by atoms with Crippen molar-refractivity contribution in [2.24, 2.45) is 0 Å². The van der Waals surface area contributed by atoms with Crippen molar-refractivity contribution in [3.63, 3.8) is 0 Å². The monoisotopic (exact) mass is 319 g/mol. The standard InChI is InChI=1S/C11H11BrClNOS/c1-6-3-7(5-15-6)10(14-2)9-4-8(13)11(12)16-9/h3-5,10,14H,1-2H3. The lowest BCUT2D eigenvalue weighted by Crippen LogP contribution is -2.15. The van der Waals surface area contributed by atoms with Crippen LogP contribution in [0.3, 0.4) is 0 Å². The lowest BCUT2D eigenvalue weighted by atomic mass is 10.1. The van der Waals surface area contributed by atoms with Gasteiger partial charge in [-0.15, -0.1) is 11.3 Å². The average molecular weight is 321 g/mol. The quantitative estimate of drug-likeness (QED) is 0.908. The molecule has 86 valence electrons. The summed E-state index contributed by atoms with van der Waals surface area (Å²) in [7, 11) is 1.93. The summed E-state index contributed by atoms with van der Waals surface area (Å²) in [6, 6.07) is 4.13. The van der Waals surface area contributed by atoms with E-state index < -0.39 is 0 Å². The Bertz CT molecular complexity index is 474. The van der Waals surface area contributed by atoms with E-state index in [2.05, 4.69) is 21.2 Å². The van der Waals surface area contributed by atoms with Crippen molar-refractivity contribution in [2.75, 3.05) is 7.05 Å². The van der Waals surface area contributed by atoms with Crippen LogP contribution in [0, 0.1) is 6.92 Å². The second kappa shape index (κ2) is 4.92. The maximum atomic E-state index is 6.04. The Hall–Kier alpha value is -0.290. The third-order valence-corrected chi connectivity index (χ3v) is 4.86. The van der Waals surface area contributed by atoms with Crippen LogP contribution in [0.5, 0.6) is 0 Å². The number of rotatable bonds is 3. The lowest BCUT2D eigenvalue weighted by molar-refractivity contribution is 0.528. The van der Waals surface area contributed by atoms with Gasteiger partial charge in [0.05, 0.1) is 21.1 Å². The van der Waals surface area contributed by atoms with E-state index in [1.165, 1.54) is 4.88 Å². The van der Waals surface area contributed by atoms with Gasteiger partial charge in [-0.1, -0.05) is 11.6 Å². The maximum Gasteiger partial charge on any atom is 0.101 e. The molecule has 2 heterocycles. The first kappa shape index (κ1) is 12.2. The average Bonchev–Trinajstić information content (AvgIpc) is 2.77. The van der Waals surface area contributed by atoms with E-state index in [1.54, 1.807) is 17.6 Å². The summed E-state index contributed by atoms with van der Waals surface area (Å²) in [6.07, 6.45) is 1.78. The molecule has 1 N–H and O–H groups in total. The molecule has 0 bridgehead atoms. The van der Waals surface area contributed by atoms with Gasteiger partial charge in [0.2, 0.25) is 0 Å². The zero-order valence-corrected chi connectivity index (χ0v) is 12.0. The van der Waals surface area contributed by atoms with Gasteiger partial charge in [0, 0.05) is 10.4 Å². The molecule has 16 heavy (non-hydrogen) atoms. The molecule has 0 spiro atoms. The molecule has 2 rings (SSSR count). The summed E-state index contributed by atoms with van der Waals surface area (Å²) in [5.74, 6) is 0.914. The van der Waals surface area contributed by atoms with Gasteiger partial charge >= 0.3 is 0 Å². The minimum absolute atomic E-state index is 0.131. The van der Waals surface area contributed by atoms with Gasteiger partial charge in [-0.25, -0.2) is 0 Å². The smallest absolute Gasteiger partial charge is 0.101 e. The van der Waals surface area contributed by atoms with Crippen LogP contribution in [0.25, 0.3) is 0 Å². The van der Waals surface area contributed by atoms with E-state index in [9.17, 15) is 0 Å². The highest BCUT2D eigenvalue weighted by Crippen LogP contribution is 2.37. The minimum atomic E-state index is 0.131. The summed E-state index contributed by atoms with van der Waals surface area (Å²) in [6.45, 7) is 1.94. The first-order chi connectivity index (χ1) is 7.61. The second-order valence-electron chi connectivity index (χ2n) is 3.48.